The topological polar surface area (TPSA) is 58.0 Å². The molecule has 6 nitrogen and oxygen atoms in total. The highest BCUT2D eigenvalue weighted by Gasteiger charge is 2.39. The predicted octanol–water partition coefficient (Wildman–Crippen LogP) is 3.35. The molecule has 9 heteroatoms. The van der Waals surface area contributed by atoms with E-state index in [1.54, 1.807) is 11.1 Å². The standard InChI is InChI=1S/C17H16F2N4O2S/c1-10-9-26-16(21-10)25-14-7-22(8-14)17(24)23-15(2-3-20-23)11-4-12(18)6-13(19)5-11/h3-6,9,14-15H,2,7-8H2,1H3/t15-/m0/s1. The second-order valence-electron chi connectivity index (χ2n) is 6.28. The number of halogens is 2. The smallest absolute Gasteiger partial charge is 0.341 e. The number of nitrogens with zero attached hydrogens (tertiary/aromatic N) is 4. The summed E-state index contributed by atoms with van der Waals surface area (Å²) in [4.78, 5) is 18.5. The molecule has 1 aromatic carbocycles. The van der Waals surface area contributed by atoms with E-state index in [1.807, 2.05) is 12.3 Å². The Kier molecular flexibility index (Phi) is 4.31. The van der Waals surface area contributed by atoms with Crippen LogP contribution in [0, 0.1) is 18.6 Å². The van der Waals surface area contributed by atoms with Gasteiger partial charge in [-0.1, -0.05) is 11.3 Å². The quantitative estimate of drug-likeness (QED) is 0.823. The van der Waals surface area contributed by atoms with Crippen molar-refractivity contribution >= 4 is 23.6 Å². The molecule has 0 radical (unpaired) electrons. The van der Waals surface area contributed by atoms with Crippen molar-refractivity contribution < 1.29 is 18.3 Å². The third-order valence-electron chi connectivity index (χ3n) is 4.28. The lowest BCUT2D eigenvalue weighted by molar-refractivity contribution is 0.0275. The molecule has 1 saturated heterocycles. The van der Waals surface area contributed by atoms with E-state index in [9.17, 15) is 13.6 Å². The molecule has 2 aromatic rings. The number of carbonyl (C=O) groups excluding carboxylic acids is 1. The SMILES string of the molecule is Cc1csc(OC2CN(C(=O)N3N=CC[C@H]3c3cc(F)cc(F)c3)C2)n1. The lowest BCUT2D eigenvalue weighted by Crippen LogP contribution is -2.58. The van der Waals surface area contributed by atoms with E-state index in [0.29, 0.717) is 30.3 Å². The summed E-state index contributed by atoms with van der Waals surface area (Å²) in [5.74, 6) is -1.34. The molecule has 0 saturated carbocycles. The van der Waals surface area contributed by atoms with Gasteiger partial charge in [-0.25, -0.2) is 23.6 Å². The fourth-order valence-corrected chi connectivity index (χ4v) is 3.70. The number of hydrogen-bond acceptors (Lipinski definition) is 5. The second-order valence-corrected chi connectivity index (χ2v) is 7.10. The van der Waals surface area contributed by atoms with Gasteiger partial charge in [0.05, 0.1) is 24.8 Å². The van der Waals surface area contributed by atoms with Crippen molar-refractivity contribution in [2.75, 3.05) is 13.1 Å². The molecule has 0 bridgehead atoms. The summed E-state index contributed by atoms with van der Waals surface area (Å²) in [7, 11) is 0. The average Bonchev–Trinajstić information content (AvgIpc) is 3.18. The van der Waals surface area contributed by atoms with Crippen molar-refractivity contribution in [2.24, 2.45) is 5.10 Å². The van der Waals surface area contributed by atoms with E-state index >= 15 is 0 Å². The molecule has 0 aliphatic carbocycles. The van der Waals surface area contributed by atoms with Crippen molar-refractivity contribution in [3.05, 3.63) is 46.5 Å². The van der Waals surface area contributed by atoms with E-state index in [0.717, 1.165) is 11.8 Å². The van der Waals surface area contributed by atoms with Crippen LogP contribution in [0.4, 0.5) is 13.6 Å². The van der Waals surface area contributed by atoms with Crippen molar-refractivity contribution in [2.45, 2.75) is 25.5 Å². The van der Waals surface area contributed by atoms with Crippen LogP contribution in [0.15, 0.2) is 28.7 Å². The average molecular weight is 378 g/mol. The number of rotatable bonds is 3. The summed E-state index contributed by atoms with van der Waals surface area (Å²) in [6.07, 6.45) is 1.89. The number of hydrazone groups is 1. The minimum absolute atomic E-state index is 0.110. The number of ether oxygens (including phenoxy) is 1. The van der Waals surface area contributed by atoms with Gasteiger partial charge in [-0.3, -0.25) is 0 Å². The van der Waals surface area contributed by atoms with Crippen molar-refractivity contribution in [1.29, 1.82) is 0 Å². The first-order chi connectivity index (χ1) is 12.5. The first-order valence-electron chi connectivity index (χ1n) is 8.15. The molecule has 136 valence electrons. The van der Waals surface area contributed by atoms with Crippen LogP contribution in [0.3, 0.4) is 0 Å². The number of thiazole rings is 1. The number of urea groups is 1. The Hall–Kier alpha value is -2.55. The van der Waals surface area contributed by atoms with Crippen LogP contribution in [-0.2, 0) is 0 Å². The molecule has 2 amide bonds. The molecular formula is C17H16F2N4O2S. The zero-order chi connectivity index (χ0) is 18.3. The van der Waals surface area contributed by atoms with E-state index in [1.165, 1.54) is 28.5 Å². The Balaban J connectivity index is 1.39. The number of likely N-dealkylation sites (tertiary alicyclic amines) is 1. The summed E-state index contributed by atoms with van der Waals surface area (Å²) in [6, 6.07) is 2.46. The summed E-state index contributed by atoms with van der Waals surface area (Å²) in [6.45, 7) is 2.74. The summed E-state index contributed by atoms with van der Waals surface area (Å²) in [5, 5.41) is 7.86. The number of hydrogen-bond donors (Lipinski definition) is 0. The fraction of sp³-hybridized carbons (Fsp3) is 0.353. The van der Waals surface area contributed by atoms with Crippen LogP contribution in [-0.4, -0.2) is 46.3 Å². The predicted molar refractivity (Wildman–Crippen MR) is 92.3 cm³/mol. The van der Waals surface area contributed by atoms with Crippen LogP contribution in [0.5, 0.6) is 5.19 Å². The van der Waals surface area contributed by atoms with Gasteiger partial charge in [0.2, 0.25) is 0 Å². The summed E-state index contributed by atoms with van der Waals surface area (Å²) >= 11 is 1.42. The van der Waals surface area contributed by atoms with Gasteiger partial charge in [0.25, 0.3) is 5.19 Å². The van der Waals surface area contributed by atoms with E-state index in [2.05, 4.69) is 10.1 Å². The maximum Gasteiger partial charge on any atom is 0.341 e. The largest absolute Gasteiger partial charge is 0.463 e. The molecule has 1 aromatic heterocycles. The number of amides is 2. The highest BCUT2D eigenvalue weighted by atomic mass is 32.1. The zero-order valence-electron chi connectivity index (χ0n) is 13.9. The Morgan fingerprint density at radius 3 is 2.65 bits per heavy atom. The van der Waals surface area contributed by atoms with Crippen molar-refractivity contribution in [3.63, 3.8) is 0 Å². The van der Waals surface area contributed by atoms with Crippen LogP contribution in [0.1, 0.15) is 23.7 Å². The molecule has 1 fully saturated rings. The third-order valence-corrected chi connectivity index (χ3v) is 5.13. The maximum absolute atomic E-state index is 13.5. The van der Waals surface area contributed by atoms with E-state index in [4.69, 9.17) is 4.74 Å². The molecule has 0 unspecified atom stereocenters. The third kappa shape index (κ3) is 3.26. The molecule has 4 rings (SSSR count). The van der Waals surface area contributed by atoms with Gasteiger partial charge in [0.1, 0.15) is 17.7 Å². The summed E-state index contributed by atoms with van der Waals surface area (Å²) < 4.78 is 32.7. The molecule has 1 atom stereocenters. The van der Waals surface area contributed by atoms with E-state index in [-0.39, 0.29) is 12.1 Å². The molecule has 26 heavy (non-hydrogen) atoms. The minimum Gasteiger partial charge on any atom is -0.463 e. The molecule has 0 spiro atoms. The van der Waals surface area contributed by atoms with Crippen molar-refractivity contribution in [3.8, 4) is 5.19 Å². The van der Waals surface area contributed by atoms with Crippen molar-refractivity contribution in [1.82, 2.24) is 14.9 Å². The molecule has 2 aliphatic heterocycles. The number of aryl methyl sites for hydroxylation is 1. The van der Waals surface area contributed by atoms with E-state index < -0.39 is 17.7 Å². The van der Waals surface area contributed by atoms with Crippen LogP contribution < -0.4 is 4.74 Å². The van der Waals surface area contributed by atoms with Gasteiger partial charge in [-0.2, -0.15) is 5.10 Å². The Morgan fingerprint density at radius 2 is 2.00 bits per heavy atom. The van der Waals surface area contributed by atoms with Gasteiger partial charge < -0.3 is 9.64 Å². The number of aromatic nitrogens is 1. The molecule has 3 heterocycles. The highest BCUT2D eigenvalue weighted by molar-refractivity contribution is 7.11. The van der Waals surface area contributed by atoms with Gasteiger partial charge in [-0.05, 0) is 24.6 Å². The minimum atomic E-state index is -0.671. The monoisotopic (exact) mass is 378 g/mol. The Bertz CT molecular complexity index is 846. The number of benzene rings is 1. The van der Waals surface area contributed by atoms with Crippen LogP contribution in [0.25, 0.3) is 0 Å². The van der Waals surface area contributed by atoms with Gasteiger partial charge in [0.15, 0.2) is 0 Å². The highest BCUT2D eigenvalue weighted by Crippen LogP contribution is 2.31. The molecule has 2 aliphatic rings. The molecular weight excluding hydrogens is 362 g/mol. The Labute approximate surface area is 152 Å². The summed E-state index contributed by atoms with van der Waals surface area (Å²) in [5.41, 5.74) is 1.29. The molecule has 0 N–H and O–H groups in total. The number of carbonyl (C=O) groups is 1. The van der Waals surface area contributed by atoms with Crippen LogP contribution >= 0.6 is 11.3 Å². The second kappa shape index (κ2) is 6.64. The first kappa shape index (κ1) is 16.9. The normalized spacial score (nSPS) is 19.7. The fourth-order valence-electron chi connectivity index (χ4n) is 2.99. The van der Waals surface area contributed by atoms with Gasteiger partial charge in [-0.15, -0.1) is 0 Å². The van der Waals surface area contributed by atoms with Crippen LogP contribution in [0.2, 0.25) is 0 Å². The lowest BCUT2D eigenvalue weighted by Gasteiger charge is -2.40. The zero-order valence-corrected chi connectivity index (χ0v) is 14.7. The van der Waals surface area contributed by atoms with Gasteiger partial charge in [0, 0.05) is 24.1 Å². The maximum atomic E-state index is 13.5. The lowest BCUT2D eigenvalue weighted by atomic mass is 10.0. The first-order valence-corrected chi connectivity index (χ1v) is 9.03. The van der Waals surface area contributed by atoms with Gasteiger partial charge >= 0.3 is 6.03 Å². The Morgan fingerprint density at radius 1 is 1.27 bits per heavy atom.